The van der Waals surface area contributed by atoms with Gasteiger partial charge in [0.25, 0.3) is 0 Å². The second-order valence-electron chi connectivity index (χ2n) is 2.67. The second-order valence-corrected chi connectivity index (χ2v) is 3.89. The number of nitrogens with zero attached hydrogens (tertiary/aromatic N) is 1. The van der Waals surface area contributed by atoms with Crippen LogP contribution in [0.1, 0.15) is 12.8 Å². The van der Waals surface area contributed by atoms with Crippen molar-refractivity contribution in [3.63, 3.8) is 0 Å². The van der Waals surface area contributed by atoms with E-state index in [1.165, 1.54) is 0 Å². The van der Waals surface area contributed by atoms with E-state index in [1.54, 1.807) is 0 Å². The van der Waals surface area contributed by atoms with E-state index in [-0.39, 0.29) is 17.9 Å². The van der Waals surface area contributed by atoms with E-state index >= 15 is 0 Å². The molecule has 0 aromatic rings. The van der Waals surface area contributed by atoms with Gasteiger partial charge in [0.05, 0.1) is 7.05 Å². The summed E-state index contributed by atoms with van der Waals surface area (Å²) in [6, 6.07) is 2.40. The average molecular weight is 193 g/mol. The van der Waals surface area contributed by atoms with Gasteiger partial charge in [0, 0.05) is 24.3 Å². The van der Waals surface area contributed by atoms with Crippen LogP contribution in [0.25, 0.3) is 0 Å². The van der Waals surface area contributed by atoms with Crippen molar-refractivity contribution in [3.8, 4) is 6.07 Å². The minimum Gasteiger partial charge on any atom is -1.00 e. The number of nitriles is 1. The van der Waals surface area contributed by atoms with Crippen LogP contribution in [-0.2, 0) is 0 Å². The van der Waals surface area contributed by atoms with Gasteiger partial charge in [0.15, 0.2) is 5.54 Å². The molecule has 0 radical (unpaired) electrons. The Balaban J connectivity index is 0.000001000. The summed E-state index contributed by atoms with van der Waals surface area (Å²) >= 11 is 1.96. The molecule has 0 amide bonds. The predicted octanol–water partition coefficient (Wildman–Crippen LogP) is -3.03. The first-order valence-corrected chi connectivity index (χ1v) is 4.78. The molecule has 1 heterocycles. The molecular formula is C7H13ClN2S. The first-order valence-electron chi connectivity index (χ1n) is 3.62. The zero-order chi connectivity index (χ0) is 7.45. The number of halogens is 1. The number of hydrogen-bond donors (Lipinski definition) is 1. The van der Waals surface area contributed by atoms with E-state index in [0.29, 0.717) is 0 Å². The highest BCUT2D eigenvalue weighted by molar-refractivity contribution is 7.99. The van der Waals surface area contributed by atoms with Crippen molar-refractivity contribution in [2.75, 3.05) is 18.6 Å². The molecular weight excluding hydrogens is 180 g/mol. The van der Waals surface area contributed by atoms with E-state index in [9.17, 15) is 0 Å². The third kappa shape index (κ3) is 2.55. The minimum atomic E-state index is -0.0781. The van der Waals surface area contributed by atoms with Crippen molar-refractivity contribution < 1.29 is 17.7 Å². The lowest BCUT2D eigenvalue weighted by Gasteiger charge is -2.25. The molecule has 64 valence electrons. The Labute approximate surface area is 78.1 Å². The lowest BCUT2D eigenvalue weighted by atomic mass is 9.95. The fourth-order valence-corrected chi connectivity index (χ4v) is 2.42. The van der Waals surface area contributed by atoms with E-state index in [4.69, 9.17) is 5.26 Å². The molecule has 11 heavy (non-hydrogen) atoms. The maximum Gasteiger partial charge on any atom is 0.184 e. The van der Waals surface area contributed by atoms with Crippen LogP contribution in [0.15, 0.2) is 0 Å². The van der Waals surface area contributed by atoms with Crippen molar-refractivity contribution in [3.05, 3.63) is 0 Å². The lowest BCUT2D eigenvalue weighted by Crippen LogP contribution is -3.00. The molecule has 0 unspecified atom stereocenters. The van der Waals surface area contributed by atoms with Crippen LogP contribution in [-0.4, -0.2) is 24.1 Å². The van der Waals surface area contributed by atoms with E-state index in [2.05, 4.69) is 11.4 Å². The lowest BCUT2D eigenvalue weighted by molar-refractivity contribution is -0.690. The molecule has 0 bridgehead atoms. The third-order valence-electron chi connectivity index (χ3n) is 2.16. The van der Waals surface area contributed by atoms with E-state index in [0.717, 1.165) is 24.3 Å². The summed E-state index contributed by atoms with van der Waals surface area (Å²) in [7, 11) is 2.00. The number of quaternary nitrogens is 1. The normalized spacial score (nSPS) is 21.5. The molecule has 0 spiro atoms. The van der Waals surface area contributed by atoms with Crippen LogP contribution < -0.4 is 17.7 Å². The maximum atomic E-state index is 8.85. The SMILES string of the molecule is C[NH2+]C1(C#N)CCSCC1.[Cl-]. The molecule has 1 aliphatic rings. The van der Waals surface area contributed by atoms with Crippen molar-refractivity contribution >= 4 is 11.8 Å². The molecule has 1 rings (SSSR count). The van der Waals surface area contributed by atoms with Crippen LogP contribution in [0.4, 0.5) is 0 Å². The van der Waals surface area contributed by atoms with E-state index in [1.807, 2.05) is 18.8 Å². The first-order chi connectivity index (χ1) is 4.83. The smallest absolute Gasteiger partial charge is 0.184 e. The maximum absolute atomic E-state index is 8.85. The van der Waals surface area contributed by atoms with Gasteiger partial charge in [-0.1, -0.05) is 0 Å². The predicted molar refractivity (Wildman–Crippen MR) is 42.8 cm³/mol. The summed E-state index contributed by atoms with van der Waals surface area (Å²) in [6.45, 7) is 0. The highest BCUT2D eigenvalue weighted by Gasteiger charge is 2.33. The van der Waals surface area contributed by atoms with Gasteiger partial charge in [-0.25, -0.2) is 0 Å². The number of rotatable bonds is 1. The van der Waals surface area contributed by atoms with Crippen molar-refractivity contribution in [2.45, 2.75) is 18.4 Å². The summed E-state index contributed by atoms with van der Waals surface area (Å²) < 4.78 is 0. The molecule has 2 N–H and O–H groups in total. The van der Waals surface area contributed by atoms with Crippen LogP contribution in [0, 0.1) is 11.3 Å². The topological polar surface area (TPSA) is 40.4 Å². The Morgan fingerprint density at radius 1 is 1.45 bits per heavy atom. The molecule has 4 heteroatoms. The summed E-state index contributed by atoms with van der Waals surface area (Å²) in [6.07, 6.45) is 2.09. The quantitative estimate of drug-likeness (QED) is 0.481. The summed E-state index contributed by atoms with van der Waals surface area (Å²) in [5.41, 5.74) is -0.0781. The molecule has 1 saturated heterocycles. The van der Waals surface area contributed by atoms with Gasteiger partial charge in [0.1, 0.15) is 6.07 Å². The van der Waals surface area contributed by atoms with Gasteiger partial charge in [-0.2, -0.15) is 17.0 Å². The average Bonchev–Trinajstić information content (AvgIpc) is 2.06. The molecule has 0 atom stereocenters. The van der Waals surface area contributed by atoms with Crippen LogP contribution in [0.2, 0.25) is 0 Å². The van der Waals surface area contributed by atoms with Gasteiger partial charge in [-0.3, -0.25) is 0 Å². The summed E-state index contributed by atoms with van der Waals surface area (Å²) in [5.74, 6) is 2.30. The molecule has 0 saturated carbocycles. The third-order valence-corrected chi connectivity index (χ3v) is 3.15. The van der Waals surface area contributed by atoms with Gasteiger partial charge in [0.2, 0.25) is 0 Å². The number of hydrogen-bond acceptors (Lipinski definition) is 2. The largest absolute Gasteiger partial charge is 1.00 e. The molecule has 1 aliphatic heterocycles. The van der Waals surface area contributed by atoms with Crippen LogP contribution in [0.3, 0.4) is 0 Å². The molecule has 0 aromatic carbocycles. The van der Waals surface area contributed by atoms with Crippen LogP contribution in [0.5, 0.6) is 0 Å². The van der Waals surface area contributed by atoms with Crippen molar-refractivity contribution in [2.24, 2.45) is 0 Å². The molecule has 1 fully saturated rings. The zero-order valence-corrected chi connectivity index (χ0v) is 8.21. The number of nitrogens with two attached hydrogens (primary N) is 1. The Morgan fingerprint density at radius 2 is 2.00 bits per heavy atom. The fourth-order valence-electron chi connectivity index (χ4n) is 1.20. The van der Waals surface area contributed by atoms with E-state index < -0.39 is 0 Å². The second kappa shape index (κ2) is 4.87. The Kier molecular flexibility index (Phi) is 4.91. The molecule has 2 nitrogen and oxygen atoms in total. The summed E-state index contributed by atoms with van der Waals surface area (Å²) in [5, 5.41) is 10.9. The van der Waals surface area contributed by atoms with Gasteiger partial charge >= 0.3 is 0 Å². The highest BCUT2D eigenvalue weighted by atomic mass is 35.5. The Bertz CT molecular complexity index is 149. The zero-order valence-electron chi connectivity index (χ0n) is 6.64. The molecule has 0 aliphatic carbocycles. The summed E-state index contributed by atoms with van der Waals surface area (Å²) in [4.78, 5) is 0. The van der Waals surface area contributed by atoms with Gasteiger partial charge < -0.3 is 17.7 Å². The van der Waals surface area contributed by atoms with Crippen LogP contribution >= 0.6 is 11.8 Å². The van der Waals surface area contributed by atoms with Crippen molar-refractivity contribution in [1.82, 2.24) is 0 Å². The fraction of sp³-hybridized carbons (Fsp3) is 0.857. The van der Waals surface area contributed by atoms with Gasteiger partial charge in [-0.05, 0) is 0 Å². The van der Waals surface area contributed by atoms with Crippen molar-refractivity contribution in [1.29, 1.82) is 5.26 Å². The number of thioether (sulfide) groups is 1. The Hall–Kier alpha value is 0.0900. The monoisotopic (exact) mass is 192 g/mol. The molecule has 0 aromatic heterocycles. The van der Waals surface area contributed by atoms with Gasteiger partial charge in [-0.15, -0.1) is 0 Å². The Morgan fingerprint density at radius 3 is 2.27 bits per heavy atom. The highest BCUT2D eigenvalue weighted by Crippen LogP contribution is 2.22. The first kappa shape index (κ1) is 11.1. The standard InChI is InChI=1S/C7H12N2S.ClH/c1-9-7(6-8)2-4-10-5-3-7;/h9H,2-5H2,1H3;1H. The minimum absolute atomic E-state index is 0.